The van der Waals surface area contributed by atoms with Crippen LogP contribution in [-0.2, 0) is 13.1 Å². The predicted molar refractivity (Wildman–Crippen MR) is 129 cm³/mol. The molecule has 1 aromatic heterocycles. The lowest BCUT2D eigenvalue weighted by molar-refractivity contribution is -0.0177. The molecule has 0 bridgehead atoms. The Kier molecular flexibility index (Phi) is 8.19. The standard InChI is InChI=1S/C27H34FN3O3/c1-22-29-13-17-31(22)15-6-18-33-24-8-4-7-23(19-24)20-30-14-5-11-27(32,12-16-30)21-34-26-10-3-2-9-25(26)28/h2-4,7-10,13,17,19,32H,5-6,11-12,14-16,18,20-21H2,1H3/t27-/m0/s1. The number of hydrogen-bond donors (Lipinski definition) is 1. The monoisotopic (exact) mass is 467 g/mol. The smallest absolute Gasteiger partial charge is 0.165 e. The molecular formula is C27H34FN3O3. The van der Waals surface area contributed by atoms with Crippen LogP contribution in [0.3, 0.4) is 0 Å². The normalized spacial score (nSPS) is 19.0. The third-order valence-corrected chi connectivity index (χ3v) is 6.38. The molecule has 2 heterocycles. The Morgan fingerprint density at radius 2 is 1.97 bits per heavy atom. The van der Waals surface area contributed by atoms with E-state index in [1.807, 2.05) is 31.5 Å². The van der Waals surface area contributed by atoms with E-state index < -0.39 is 11.4 Å². The zero-order chi connectivity index (χ0) is 23.8. The molecule has 1 aliphatic heterocycles. The summed E-state index contributed by atoms with van der Waals surface area (Å²) in [5.41, 5.74) is 0.242. The number of benzene rings is 2. The van der Waals surface area contributed by atoms with Gasteiger partial charge < -0.3 is 19.1 Å². The molecule has 1 saturated heterocycles. The number of likely N-dealkylation sites (tertiary alicyclic amines) is 1. The van der Waals surface area contributed by atoms with E-state index in [-0.39, 0.29) is 12.4 Å². The van der Waals surface area contributed by atoms with Gasteiger partial charge in [0.05, 0.1) is 12.2 Å². The summed E-state index contributed by atoms with van der Waals surface area (Å²) in [6, 6.07) is 14.6. The van der Waals surface area contributed by atoms with Crippen molar-refractivity contribution in [2.45, 2.75) is 51.3 Å². The largest absolute Gasteiger partial charge is 0.494 e. The highest BCUT2D eigenvalue weighted by molar-refractivity contribution is 5.28. The SMILES string of the molecule is Cc1nccn1CCCOc1cccc(CN2CCC[C@@](O)(COc3ccccc3F)CC2)c1. The number of halogens is 1. The molecule has 7 heteroatoms. The van der Waals surface area contributed by atoms with Crippen molar-refractivity contribution in [2.24, 2.45) is 0 Å². The predicted octanol–water partition coefficient (Wildman–Crippen LogP) is 4.60. The molecule has 2 aromatic carbocycles. The first-order valence-electron chi connectivity index (χ1n) is 12.0. The summed E-state index contributed by atoms with van der Waals surface area (Å²) in [4.78, 5) is 6.59. The lowest BCUT2D eigenvalue weighted by atomic mass is 9.96. The summed E-state index contributed by atoms with van der Waals surface area (Å²) in [6.07, 6.45) is 6.81. The number of para-hydroxylation sites is 1. The molecule has 1 aliphatic rings. The molecule has 0 saturated carbocycles. The number of nitrogens with zero attached hydrogens (tertiary/aromatic N) is 3. The molecule has 0 amide bonds. The van der Waals surface area contributed by atoms with E-state index in [1.54, 1.807) is 18.2 Å². The van der Waals surface area contributed by atoms with Crippen LogP contribution in [0.4, 0.5) is 4.39 Å². The van der Waals surface area contributed by atoms with Crippen LogP contribution < -0.4 is 9.47 Å². The molecule has 1 N–H and O–H groups in total. The number of aliphatic hydroxyl groups is 1. The first kappa shape index (κ1) is 24.2. The van der Waals surface area contributed by atoms with Gasteiger partial charge in [0.15, 0.2) is 11.6 Å². The molecule has 6 nitrogen and oxygen atoms in total. The van der Waals surface area contributed by atoms with E-state index in [2.05, 4.69) is 26.6 Å². The van der Waals surface area contributed by atoms with E-state index in [1.165, 1.54) is 11.6 Å². The van der Waals surface area contributed by atoms with Gasteiger partial charge in [0, 0.05) is 32.0 Å². The highest BCUT2D eigenvalue weighted by atomic mass is 19.1. The Morgan fingerprint density at radius 1 is 1.09 bits per heavy atom. The van der Waals surface area contributed by atoms with E-state index in [9.17, 15) is 9.50 Å². The quantitative estimate of drug-likeness (QED) is 0.442. The van der Waals surface area contributed by atoms with Crippen molar-refractivity contribution in [3.8, 4) is 11.5 Å². The first-order valence-corrected chi connectivity index (χ1v) is 12.0. The summed E-state index contributed by atoms with van der Waals surface area (Å²) in [5, 5.41) is 11.0. The lowest BCUT2D eigenvalue weighted by Gasteiger charge is -2.27. The Labute approximate surface area is 201 Å². The van der Waals surface area contributed by atoms with Crippen molar-refractivity contribution >= 4 is 0 Å². The van der Waals surface area contributed by atoms with E-state index in [4.69, 9.17) is 9.47 Å². The molecule has 1 fully saturated rings. The van der Waals surface area contributed by atoms with Gasteiger partial charge in [-0.05, 0) is 69.0 Å². The topological polar surface area (TPSA) is 59.8 Å². The molecule has 0 spiro atoms. The molecule has 3 aromatic rings. The Balaban J connectivity index is 1.23. The summed E-state index contributed by atoms with van der Waals surface area (Å²) in [6.45, 7) is 6.11. The summed E-state index contributed by atoms with van der Waals surface area (Å²) >= 11 is 0. The summed E-state index contributed by atoms with van der Waals surface area (Å²) < 4.78 is 27.6. The Bertz CT molecular complexity index is 1060. The van der Waals surface area contributed by atoms with Gasteiger partial charge in [0.2, 0.25) is 0 Å². The third kappa shape index (κ3) is 6.81. The minimum absolute atomic E-state index is 0.101. The number of aryl methyl sites for hydroxylation is 2. The van der Waals surface area contributed by atoms with Gasteiger partial charge >= 0.3 is 0 Å². The molecule has 1 atom stereocenters. The fraction of sp³-hybridized carbons (Fsp3) is 0.444. The Hall–Kier alpha value is -2.90. The van der Waals surface area contributed by atoms with Crippen LogP contribution in [0.2, 0.25) is 0 Å². The first-order chi connectivity index (χ1) is 16.5. The fourth-order valence-corrected chi connectivity index (χ4v) is 4.37. The number of aromatic nitrogens is 2. The van der Waals surface area contributed by atoms with Crippen molar-refractivity contribution < 1.29 is 19.0 Å². The second-order valence-corrected chi connectivity index (χ2v) is 9.09. The van der Waals surface area contributed by atoms with Crippen molar-refractivity contribution in [1.82, 2.24) is 14.5 Å². The summed E-state index contributed by atoms with van der Waals surface area (Å²) in [7, 11) is 0. The van der Waals surface area contributed by atoms with Crippen molar-refractivity contribution in [3.05, 3.63) is 78.1 Å². The molecule has 182 valence electrons. The van der Waals surface area contributed by atoms with Crippen molar-refractivity contribution in [1.29, 1.82) is 0 Å². The maximum atomic E-state index is 13.8. The average Bonchev–Trinajstić information content (AvgIpc) is 3.15. The van der Waals surface area contributed by atoms with Crippen LogP contribution in [0.1, 0.15) is 37.1 Å². The molecule has 4 rings (SSSR count). The van der Waals surface area contributed by atoms with Crippen LogP contribution in [0.15, 0.2) is 60.9 Å². The maximum Gasteiger partial charge on any atom is 0.165 e. The number of imidazole rings is 1. The number of rotatable bonds is 10. The van der Waals surface area contributed by atoms with Gasteiger partial charge in [0.1, 0.15) is 18.2 Å². The highest BCUT2D eigenvalue weighted by Gasteiger charge is 2.31. The van der Waals surface area contributed by atoms with E-state index in [0.717, 1.165) is 50.6 Å². The van der Waals surface area contributed by atoms with Gasteiger partial charge in [-0.3, -0.25) is 4.90 Å². The van der Waals surface area contributed by atoms with E-state index >= 15 is 0 Å². The fourth-order valence-electron chi connectivity index (χ4n) is 4.37. The molecule has 34 heavy (non-hydrogen) atoms. The average molecular weight is 468 g/mol. The minimum atomic E-state index is -0.949. The number of hydrogen-bond acceptors (Lipinski definition) is 5. The van der Waals surface area contributed by atoms with Crippen LogP contribution in [-0.4, -0.2) is 51.5 Å². The van der Waals surface area contributed by atoms with Crippen molar-refractivity contribution in [3.63, 3.8) is 0 Å². The molecule has 0 unspecified atom stereocenters. The molecular weight excluding hydrogens is 433 g/mol. The van der Waals surface area contributed by atoms with Crippen LogP contribution in [0.5, 0.6) is 11.5 Å². The van der Waals surface area contributed by atoms with Gasteiger partial charge in [-0.2, -0.15) is 0 Å². The highest BCUT2D eigenvalue weighted by Crippen LogP contribution is 2.26. The lowest BCUT2D eigenvalue weighted by Crippen LogP contribution is -2.37. The third-order valence-electron chi connectivity index (χ3n) is 6.38. The van der Waals surface area contributed by atoms with Crippen LogP contribution in [0, 0.1) is 12.7 Å². The zero-order valence-electron chi connectivity index (χ0n) is 19.8. The van der Waals surface area contributed by atoms with Crippen molar-refractivity contribution in [2.75, 3.05) is 26.3 Å². The molecule has 0 radical (unpaired) electrons. The minimum Gasteiger partial charge on any atom is -0.494 e. The van der Waals surface area contributed by atoms with Crippen LogP contribution >= 0.6 is 0 Å². The second-order valence-electron chi connectivity index (χ2n) is 9.09. The molecule has 0 aliphatic carbocycles. The second kappa shape index (κ2) is 11.5. The van der Waals surface area contributed by atoms with E-state index in [0.29, 0.717) is 19.4 Å². The van der Waals surface area contributed by atoms with Gasteiger partial charge in [-0.1, -0.05) is 24.3 Å². The number of ether oxygens (including phenoxy) is 2. The maximum absolute atomic E-state index is 13.8. The Morgan fingerprint density at radius 3 is 2.79 bits per heavy atom. The summed E-state index contributed by atoms with van der Waals surface area (Å²) in [5.74, 6) is 1.68. The van der Waals surface area contributed by atoms with Crippen LogP contribution in [0.25, 0.3) is 0 Å². The van der Waals surface area contributed by atoms with Gasteiger partial charge in [-0.15, -0.1) is 0 Å². The van der Waals surface area contributed by atoms with Gasteiger partial charge in [-0.25, -0.2) is 9.37 Å². The van der Waals surface area contributed by atoms with Gasteiger partial charge in [0.25, 0.3) is 0 Å². The zero-order valence-corrected chi connectivity index (χ0v) is 19.8.